The second-order valence-electron chi connectivity index (χ2n) is 4.38. The van der Waals surface area contributed by atoms with E-state index in [-0.39, 0.29) is 0 Å². The highest BCUT2D eigenvalue weighted by Gasteiger charge is 2.42. The number of alkyl halides is 1. The first-order valence-electron chi connectivity index (χ1n) is 5.21. The fourth-order valence-corrected chi connectivity index (χ4v) is 3.60. The van der Waals surface area contributed by atoms with Gasteiger partial charge in [-0.3, -0.25) is 0 Å². The molecule has 0 atom stereocenters. The van der Waals surface area contributed by atoms with Crippen molar-refractivity contribution in [3.63, 3.8) is 0 Å². The SMILES string of the molecule is BrCC1(CN2CCCSCC2)CC1. The van der Waals surface area contributed by atoms with Gasteiger partial charge in [0.2, 0.25) is 0 Å². The van der Waals surface area contributed by atoms with E-state index in [0.717, 1.165) is 0 Å². The molecule has 13 heavy (non-hydrogen) atoms. The molecule has 1 saturated heterocycles. The maximum absolute atomic E-state index is 3.65. The molecule has 1 aliphatic carbocycles. The lowest BCUT2D eigenvalue weighted by atomic mass is 10.1. The third-order valence-electron chi connectivity index (χ3n) is 3.11. The molecular formula is C10H18BrNS. The fourth-order valence-electron chi connectivity index (χ4n) is 1.94. The van der Waals surface area contributed by atoms with Crippen LogP contribution in [0.2, 0.25) is 0 Å². The molecule has 0 radical (unpaired) electrons. The number of hydrogen-bond donors (Lipinski definition) is 0. The van der Waals surface area contributed by atoms with Gasteiger partial charge in [-0.2, -0.15) is 11.8 Å². The summed E-state index contributed by atoms with van der Waals surface area (Å²) >= 11 is 5.77. The third kappa shape index (κ3) is 2.87. The van der Waals surface area contributed by atoms with Crippen LogP contribution in [-0.4, -0.2) is 41.4 Å². The number of nitrogens with zero attached hydrogens (tertiary/aromatic N) is 1. The van der Waals surface area contributed by atoms with Crippen molar-refractivity contribution < 1.29 is 0 Å². The van der Waals surface area contributed by atoms with Crippen LogP contribution in [0.5, 0.6) is 0 Å². The highest BCUT2D eigenvalue weighted by Crippen LogP contribution is 2.47. The average Bonchev–Trinajstić information content (AvgIpc) is 2.92. The summed E-state index contributed by atoms with van der Waals surface area (Å²) in [6.45, 7) is 4.00. The van der Waals surface area contributed by atoms with E-state index in [1.807, 2.05) is 0 Å². The molecule has 2 rings (SSSR count). The maximum Gasteiger partial charge on any atom is 0.0100 e. The van der Waals surface area contributed by atoms with Crippen LogP contribution in [0, 0.1) is 5.41 Å². The molecule has 0 N–H and O–H groups in total. The van der Waals surface area contributed by atoms with Crippen LogP contribution in [0.4, 0.5) is 0 Å². The summed E-state index contributed by atoms with van der Waals surface area (Å²) < 4.78 is 0. The first-order chi connectivity index (χ1) is 6.35. The molecule has 0 aromatic carbocycles. The van der Waals surface area contributed by atoms with Crippen molar-refractivity contribution in [2.45, 2.75) is 19.3 Å². The van der Waals surface area contributed by atoms with Crippen LogP contribution in [0.15, 0.2) is 0 Å². The van der Waals surface area contributed by atoms with E-state index in [4.69, 9.17) is 0 Å². The second kappa shape index (κ2) is 4.54. The fraction of sp³-hybridized carbons (Fsp3) is 1.00. The van der Waals surface area contributed by atoms with Gasteiger partial charge in [0, 0.05) is 24.2 Å². The molecule has 0 amide bonds. The standard InChI is InChI=1S/C10H18BrNS/c11-8-10(2-3-10)9-12-4-1-6-13-7-5-12/h1-9H2. The zero-order chi connectivity index (χ0) is 9.15. The smallest absolute Gasteiger partial charge is 0.0100 e. The van der Waals surface area contributed by atoms with Crippen molar-refractivity contribution in [2.24, 2.45) is 5.41 Å². The maximum atomic E-state index is 3.65. The van der Waals surface area contributed by atoms with Gasteiger partial charge >= 0.3 is 0 Å². The summed E-state index contributed by atoms with van der Waals surface area (Å²) in [5.74, 6) is 2.72. The van der Waals surface area contributed by atoms with Crippen molar-refractivity contribution in [3.8, 4) is 0 Å². The normalized spacial score (nSPS) is 28.4. The first kappa shape index (κ1) is 10.3. The average molecular weight is 264 g/mol. The molecule has 2 fully saturated rings. The molecule has 2 aliphatic rings. The van der Waals surface area contributed by atoms with Gasteiger partial charge < -0.3 is 4.90 Å². The molecule has 1 saturated carbocycles. The highest BCUT2D eigenvalue weighted by atomic mass is 79.9. The highest BCUT2D eigenvalue weighted by molar-refractivity contribution is 9.09. The summed E-state index contributed by atoms with van der Waals surface area (Å²) in [4.78, 5) is 2.67. The predicted molar refractivity (Wildman–Crippen MR) is 63.8 cm³/mol. The molecule has 3 heteroatoms. The third-order valence-corrected chi connectivity index (χ3v) is 5.35. The van der Waals surface area contributed by atoms with Gasteiger partial charge in [0.1, 0.15) is 0 Å². The lowest BCUT2D eigenvalue weighted by molar-refractivity contribution is 0.247. The summed E-state index contributed by atoms with van der Waals surface area (Å²) in [7, 11) is 0. The van der Waals surface area contributed by atoms with E-state index in [1.54, 1.807) is 0 Å². The minimum atomic E-state index is 0.676. The number of rotatable bonds is 3. The van der Waals surface area contributed by atoms with Gasteiger partial charge in [-0.15, -0.1) is 0 Å². The Bertz CT molecular complexity index is 162. The molecule has 1 heterocycles. The van der Waals surface area contributed by atoms with E-state index >= 15 is 0 Å². The zero-order valence-electron chi connectivity index (χ0n) is 8.10. The molecule has 0 unspecified atom stereocenters. The lowest BCUT2D eigenvalue weighted by Gasteiger charge is -2.24. The molecule has 0 aromatic rings. The van der Waals surface area contributed by atoms with Gasteiger partial charge in [0.05, 0.1) is 0 Å². The summed E-state index contributed by atoms with van der Waals surface area (Å²) in [5.41, 5.74) is 0.676. The molecular weight excluding hydrogens is 246 g/mol. The Morgan fingerprint density at radius 1 is 1.23 bits per heavy atom. The Morgan fingerprint density at radius 2 is 2.08 bits per heavy atom. The first-order valence-corrected chi connectivity index (χ1v) is 7.48. The Balaban J connectivity index is 1.79. The Hall–Kier alpha value is 0.790. The van der Waals surface area contributed by atoms with Crippen molar-refractivity contribution >= 4 is 27.7 Å². The summed E-state index contributed by atoms with van der Waals surface area (Å²) in [6.07, 6.45) is 4.28. The van der Waals surface area contributed by atoms with Crippen molar-refractivity contribution in [3.05, 3.63) is 0 Å². The minimum absolute atomic E-state index is 0.676. The quantitative estimate of drug-likeness (QED) is 0.721. The Morgan fingerprint density at radius 3 is 2.77 bits per heavy atom. The molecule has 0 bridgehead atoms. The van der Waals surface area contributed by atoms with Gasteiger partial charge in [0.15, 0.2) is 0 Å². The molecule has 1 aliphatic heterocycles. The zero-order valence-corrected chi connectivity index (χ0v) is 10.5. The van der Waals surface area contributed by atoms with Gasteiger partial charge in [0.25, 0.3) is 0 Å². The van der Waals surface area contributed by atoms with Crippen LogP contribution >= 0.6 is 27.7 Å². The summed E-state index contributed by atoms with van der Waals surface area (Å²) in [6, 6.07) is 0. The van der Waals surface area contributed by atoms with E-state index in [2.05, 4.69) is 32.6 Å². The molecule has 0 aromatic heterocycles. The van der Waals surface area contributed by atoms with E-state index in [1.165, 1.54) is 55.7 Å². The monoisotopic (exact) mass is 263 g/mol. The number of thioether (sulfide) groups is 1. The largest absolute Gasteiger partial charge is 0.302 e. The minimum Gasteiger partial charge on any atom is -0.302 e. The topological polar surface area (TPSA) is 3.24 Å². The van der Waals surface area contributed by atoms with Crippen LogP contribution in [0.3, 0.4) is 0 Å². The molecule has 1 nitrogen and oxygen atoms in total. The Kier molecular flexibility index (Phi) is 3.60. The van der Waals surface area contributed by atoms with Crippen molar-refractivity contribution in [1.29, 1.82) is 0 Å². The molecule has 0 spiro atoms. The lowest BCUT2D eigenvalue weighted by Crippen LogP contribution is -2.33. The summed E-state index contributed by atoms with van der Waals surface area (Å²) in [5, 5.41) is 1.21. The number of halogens is 1. The van der Waals surface area contributed by atoms with Crippen LogP contribution in [0.25, 0.3) is 0 Å². The van der Waals surface area contributed by atoms with E-state index in [9.17, 15) is 0 Å². The Labute approximate surface area is 93.8 Å². The number of hydrogen-bond acceptors (Lipinski definition) is 2. The van der Waals surface area contributed by atoms with Crippen LogP contribution < -0.4 is 0 Å². The van der Waals surface area contributed by atoms with Gasteiger partial charge in [-0.1, -0.05) is 15.9 Å². The van der Waals surface area contributed by atoms with Crippen LogP contribution in [-0.2, 0) is 0 Å². The van der Waals surface area contributed by atoms with E-state index in [0.29, 0.717) is 5.41 Å². The predicted octanol–water partition coefficient (Wildman–Crippen LogP) is 2.60. The van der Waals surface area contributed by atoms with Crippen molar-refractivity contribution in [1.82, 2.24) is 4.90 Å². The van der Waals surface area contributed by atoms with Gasteiger partial charge in [-0.25, -0.2) is 0 Å². The van der Waals surface area contributed by atoms with E-state index < -0.39 is 0 Å². The van der Waals surface area contributed by atoms with Crippen LogP contribution in [0.1, 0.15) is 19.3 Å². The second-order valence-corrected chi connectivity index (χ2v) is 6.16. The van der Waals surface area contributed by atoms with Crippen molar-refractivity contribution in [2.75, 3.05) is 36.5 Å². The van der Waals surface area contributed by atoms with Gasteiger partial charge in [-0.05, 0) is 37.0 Å². The molecule has 76 valence electrons.